The second-order valence-electron chi connectivity index (χ2n) is 4.24. The van der Waals surface area contributed by atoms with E-state index in [1.807, 2.05) is 30.3 Å². The highest BCUT2D eigenvalue weighted by atomic mass is 35.5. The summed E-state index contributed by atoms with van der Waals surface area (Å²) in [5, 5.41) is 0.527. The number of ether oxygens (including phenoxy) is 1. The topological polar surface area (TPSA) is 43.6 Å². The Kier molecular flexibility index (Phi) is 3.16. The number of imidazole rings is 1. The number of hydrogen-bond acceptors (Lipinski definition) is 3. The number of halogens is 1. The molecule has 4 nitrogen and oxygen atoms in total. The number of fused-ring (bicyclic) bond motifs is 1. The van der Waals surface area contributed by atoms with Crippen LogP contribution in [0.5, 0.6) is 0 Å². The van der Waals surface area contributed by atoms with E-state index in [0.29, 0.717) is 22.1 Å². The first kappa shape index (κ1) is 12.7. The van der Waals surface area contributed by atoms with E-state index in [1.165, 1.54) is 7.11 Å². The fourth-order valence-corrected chi connectivity index (χ4v) is 2.27. The van der Waals surface area contributed by atoms with Gasteiger partial charge in [-0.05, 0) is 12.1 Å². The first-order valence-electron chi connectivity index (χ1n) is 6.02. The Morgan fingerprint density at radius 2 is 1.95 bits per heavy atom. The van der Waals surface area contributed by atoms with Gasteiger partial charge in [0.05, 0.1) is 12.1 Å². The van der Waals surface area contributed by atoms with Gasteiger partial charge < -0.3 is 4.74 Å². The predicted octanol–water partition coefficient (Wildman–Crippen LogP) is 3.44. The zero-order valence-corrected chi connectivity index (χ0v) is 11.5. The fourth-order valence-electron chi connectivity index (χ4n) is 2.11. The third-order valence-electron chi connectivity index (χ3n) is 3.01. The second-order valence-corrected chi connectivity index (χ2v) is 4.68. The third-order valence-corrected chi connectivity index (χ3v) is 3.23. The number of hydrogen-bond donors (Lipinski definition) is 0. The lowest BCUT2D eigenvalue weighted by Crippen LogP contribution is -2.07. The summed E-state index contributed by atoms with van der Waals surface area (Å²) in [6.45, 7) is 0. The first-order chi connectivity index (χ1) is 9.70. The van der Waals surface area contributed by atoms with E-state index in [9.17, 15) is 4.79 Å². The highest BCUT2D eigenvalue weighted by Gasteiger charge is 2.21. The van der Waals surface area contributed by atoms with E-state index in [1.54, 1.807) is 22.7 Å². The molecule has 1 aromatic carbocycles. The summed E-state index contributed by atoms with van der Waals surface area (Å²) in [6, 6.07) is 13.0. The molecule has 0 atom stereocenters. The molecule has 0 bridgehead atoms. The maximum atomic E-state index is 12.1. The van der Waals surface area contributed by atoms with Gasteiger partial charge in [-0.25, -0.2) is 9.78 Å². The van der Waals surface area contributed by atoms with Crippen molar-refractivity contribution in [1.82, 2.24) is 9.38 Å². The molecule has 0 aliphatic carbocycles. The minimum atomic E-state index is -0.446. The van der Waals surface area contributed by atoms with Gasteiger partial charge in [0, 0.05) is 11.8 Å². The molecule has 0 aliphatic heterocycles. The maximum absolute atomic E-state index is 12.1. The van der Waals surface area contributed by atoms with Crippen LogP contribution >= 0.6 is 11.6 Å². The molecule has 0 N–H and O–H groups in total. The van der Waals surface area contributed by atoms with Crippen LogP contribution in [0.1, 0.15) is 10.5 Å². The van der Waals surface area contributed by atoms with Crippen molar-refractivity contribution < 1.29 is 9.53 Å². The molecule has 0 spiro atoms. The summed E-state index contributed by atoms with van der Waals surface area (Å²) in [5.41, 5.74) is 2.46. The predicted molar refractivity (Wildman–Crippen MR) is 77.0 cm³/mol. The van der Waals surface area contributed by atoms with Gasteiger partial charge in [0.25, 0.3) is 0 Å². The lowest BCUT2D eigenvalue weighted by molar-refractivity contribution is 0.0594. The molecular weight excluding hydrogens is 276 g/mol. The Morgan fingerprint density at radius 3 is 2.65 bits per heavy atom. The van der Waals surface area contributed by atoms with E-state index in [4.69, 9.17) is 16.3 Å². The monoisotopic (exact) mass is 286 g/mol. The molecular formula is C15H11ClN2O2. The van der Waals surface area contributed by atoms with Crippen molar-refractivity contribution >= 4 is 23.2 Å². The number of esters is 1. The van der Waals surface area contributed by atoms with Crippen LogP contribution in [0.2, 0.25) is 5.02 Å². The Labute approximate surface area is 120 Å². The fraction of sp³-hybridized carbons (Fsp3) is 0.0667. The quantitative estimate of drug-likeness (QED) is 0.678. The standard InChI is InChI=1S/C15H11ClN2O2/c1-20-15(19)14-13(10-5-3-2-4-6-10)17-12-8-7-11(16)9-18(12)14/h2-9H,1H3. The molecule has 0 aliphatic rings. The van der Waals surface area contributed by atoms with Crippen molar-refractivity contribution in [3.8, 4) is 11.3 Å². The van der Waals surface area contributed by atoms with Gasteiger partial charge in [-0.15, -0.1) is 0 Å². The SMILES string of the molecule is COC(=O)c1c(-c2ccccc2)nc2ccc(Cl)cn12. The lowest BCUT2D eigenvalue weighted by Gasteiger charge is -2.03. The van der Waals surface area contributed by atoms with Crippen LogP contribution in [-0.2, 0) is 4.74 Å². The van der Waals surface area contributed by atoms with E-state index in [0.717, 1.165) is 5.56 Å². The third kappa shape index (κ3) is 2.04. The number of benzene rings is 1. The van der Waals surface area contributed by atoms with Crippen LogP contribution in [0.15, 0.2) is 48.7 Å². The van der Waals surface area contributed by atoms with Gasteiger partial charge in [-0.3, -0.25) is 4.40 Å². The van der Waals surface area contributed by atoms with Crippen molar-refractivity contribution in [1.29, 1.82) is 0 Å². The Balaban J connectivity index is 2.34. The first-order valence-corrected chi connectivity index (χ1v) is 6.40. The number of rotatable bonds is 2. The van der Waals surface area contributed by atoms with Crippen LogP contribution in [0.3, 0.4) is 0 Å². The molecule has 0 radical (unpaired) electrons. The number of pyridine rings is 1. The summed E-state index contributed by atoms with van der Waals surface area (Å²) in [6.07, 6.45) is 1.66. The molecule has 100 valence electrons. The Bertz CT molecular complexity index is 781. The summed E-state index contributed by atoms with van der Waals surface area (Å²) in [4.78, 5) is 16.6. The molecule has 0 fully saturated rings. The number of methoxy groups -OCH3 is 1. The van der Waals surface area contributed by atoms with Crippen molar-refractivity contribution in [2.45, 2.75) is 0 Å². The molecule has 2 heterocycles. The van der Waals surface area contributed by atoms with Gasteiger partial charge in [-0.1, -0.05) is 41.9 Å². The number of aromatic nitrogens is 2. The highest BCUT2D eigenvalue weighted by molar-refractivity contribution is 6.30. The number of nitrogens with zero attached hydrogens (tertiary/aromatic N) is 2. The van der Waals surface area contributed by atoms with E-state index >= 15 is 0 Å². The summed E-state index contributed by atoms with van der Waals surface area (Å²) in [5.74, 6) is -0.446. The molecule has 3 aromatic rings. The minimum absolute atomic E-state index is 0.371. The summed E-state index contributed by atoms with van der Waals surface area (Å²) < 4.78 is 6.51. The van der Waals surface area contributed by atoms with E-state index in [-0.39, 0.29) is 0 Å². The van der Waals surface area contributed by atoms with Gasteiger partial charge in [0.15, 0.2) is 5.69 Å². The van der Waals surface area contributed by atoms with Crippen LogP contribution in [0, 0.1) is 0 Å². The largest absolute Gasteiger partial charge is 0.464 e. The molecule has 0 amide bonds. The number of carbonyl (C=O) groups is 1. The molecule has 2 aromatic heterocycles. The smallest absolute Gasteiger partial charge is 0.357 e. The summed E-state index contributed by atoms with van der Waals surface area (Å²) in [7, 11) is 1.35. The molecule has 0 unspecified atom stereocenters. The van der Waals surface area contributed by atoms with E-state index in [2.05, 4.69) is 4.98 Å². The normalized spacial score (nSPS) is 10.7. The van der Waals surface area contributed by atoms with Crippen molar-refractivity contribution in [2.75, 3.05) is 7.11 Å². The molecule has 5 heteroatoms. The van der Waals surface area contributed by atoms with Crippen molar-refractivity contribution in [3.05, 3.63) is 59.4 Å². The van der Waals surface area contributed by atoms with Crippen LogP contribution < -0.4 is 0 Å². The average Bonchev–Trinajstić information content (AvgIpc) is 2.86. The summed E-state index contributed by atoms with van der Waals surface area (Å²) >= 11 is 5.99. The Hall–Kier alpha value is -2.33. The average molecular weight is 287 g/mol. The minimum Gasteiger partial charge on any atom is -0.464 e. The molecule has 20 heavy (non-hydrogen) atoms. The van der Waals surface area contributed by atoms with Crippen molar-refractivity contribution in [2.24, 2.45) is 0 Å². The highest BCUT2D eigenvalue weighted by Crippen LogP contribution is 2.26. The van der Waals surface area contributed by atoms with Crippen LogP contribution in [0.4, 0.5) is 0 Å². The van der Waals surface area contributed by atoms with Gasteiger partial charge >= 0.3 is 5.97 Å². The number of carbonyl (C=O) groups excluding carboxylic acids is 1. The van der Waals surface area contributed by atoms with Crippen LogP contribution in [0.25, 0.3) is 16.9 Å². The zero-order chi connectivity index (χ0) is 14.1. The lowest BCUT2D eigenvalue weighted by atomic mass is 10.1. The second kappa shape index (κ2) is 4.98. The van der Waals surface area contributed by atoms with Crippen LogP contribution in [-0.4, -0.2) is 22.5 Å². The Morgan fingerprint density at radius 1 is 1.20 bits per heavy atom. The molecule has 0 saturated heterocycles. The maximum Gasteiger partial charge on any atom is 0.357 e. The van der Waals surface area contributed by atoms with Gasteiger partial charge in [-0.2, -0.15) is 0 Å². The van der Waals surface area contributed by atoms with Gasteiger partial charge in [0.2, 0.25) is 0 Å². The zero-order valence-electron chi connectivity index (χ0n) is 10.7. The van der Waals surface area contributed by atoms with E-state index < -0.39 is 5.97 Å². The molecule has 3 rings (SSSR count). The van der Waals surface area contributed by atoms with Crippen molar-refractivity contribution in [3.63, 3.8) is 0 Å². The van der Waals surface area contributed by atoms with Gasteiger partial charge in [0.1, 0.15) is 11.3 Å². The molecule has 0 saturated carbocycles.